The van der Waals surface area contributed by atoms with Crippen molar-refractivity contribution in [2.45, 2.75) is 25.4 Å². The number of amides is 1. The summed E-state index contributed by atoms with van der Waals surface area (Å²) in [6.45, 7) is 4.80. The summed E-state index contributed by atoms with van der Waals surface area (Å²) in [4.78, 5) is 33.4. The molecule has 9 heteroatoms. The van der Waals surface area contributed by atoms with Gasteiger partial charge in [0.1, 0.15) is 0 Å². The number of likely N-dealkylation sites (N-methyl/N-ethyl adjacent to an activating group) is 1. The van der Waals surface area contributed by atoms with E-state index >= 15 is 0 Å². The zero-order valence-electron chi connectivity index (χ0n) is 21.0. The number of benzene rings is 2. The first kappa shape index (κ1) is 24.1. The van der Waals surface area contributed by atoms with Gasteiger partial charge in [-0.15, -0.1) is 0 Å². The highest BCUT2D eigenvalue weighted by atomic mass is 16.2. The summed E-state index contributed by atoms with van der Waals surface area (Å²) >= 11 is 0. The van der Waals surface area contributed by atoms with Gasteiger partial charge in [0.05, 0.1) is 34.9 Å². The van der Waals surface area contributed by atoms with Crippen LogP contribution in [-0.2, 0) is 13.6 Å². The maximum absolute atomic E-state index is 13.6. The zero-order chi connectivity index (χ0) is 25.4. The molecule has 0 spiro atoms. The average Bonchev–Trinajstić information content (AvgIpc) is 3.13. The first-order valence-electron chi connectivity index (χ1n) is 12.6. The number of anilines is 1. The van der Waals surface area contributed by atoms with Crippen LogP contribution in [0.4, 0.5) is 5.69 Å². The summed E-state index contributed by atoms with van der Waals surface area (Å²) in [5.41, 5.74) is 10.4. The normalized spacial score (nSPS) is 19.0. The maximum Gasteiger partial charge on any atom is 0.329 e. The second kappa shape index (κ2) is 9.80. The molecule has 188 valence electrons. The van der Waals surface area contributed by atoms with Crippen molar-refractivity contribution in [3.63, 3.8) is 0 Å². The Morgan fingerprint density at radius 3 is 2.58 bits per heavy atom. The Kier molecular flexibility index (Phi) is 6.56. The van der Waals surface area contributed by atoms with Gasteiger partial charge in [0, 0.05) is 57.9 Å². The quantitative estimate of drug-likeness (QED) is 0.599. The Bertz CT molecular complexity index is 1390. The van der Waals surface area contributed by atoms with E-state index in [-0.39, 0.29) is 24.2 Å². The number of aryl methyl sites for hydroxylation is 1. The fourth-order valence-corrected chi connectivity index (χ4v) is 5.39. The Labute approximate surface area is 210 Å². The minimum Gasteiger partial charge on any atom is -0.368 e. The van der Waals surface area contributed by atoms with Crippen LogP contribution in [0.2, 0.25) is 0 Å². The molecule has 2 aliphatic rings. The number of carbonyl (C=O) groups is 1. The molecule has 0 bridgehead atoms. The van der Waals surface area contributed by atoms with E-state index in [9.17, 15) is 14.9 Å². The highest BCUT2D eigenvalue weighted by molar-refractivity contribution is 6.02. The molecule has 0 radical (unpaired) electrons. The van der Waals surface area contributed by atoms with Crippen LogP contribution < -0.4 is 16.3 Å². The van der Waals surface area contributed by atoms with Crippen LogP contribution in [0.15, 0.2) is 41.2 Å². The molecule has 0 saturated carbocycles. The number of piperidine rings is 1. The van der Waals surface area contributed by atoms with E-state index < -0.39 is 0 Å². The lowest BCUT2D eigenvalue weighted by molar-refractivity contribution is 0.0664. The minimum atomic E-state index is -0.176. The SMILES string of the molecule is CN1CCN(C(=O)c2cc(N3CCC[C@@H](N)C3)c3c(c2)n(C)c(=O)n3Cc2ccccc2C#N)CC1. The molecular formula is C27H33N7O2. The van der Waals surface area contributed by atoms with Gasteiger partial charge in [0.2, 0.25) is 0 Å². The molecule has 2 fully saturated rings. The van der Waals surface area contributed by atoms with Crippen molar-refractivity contribution in [2.75, 3.05) is 51.2 Å². The second-order valence-corrected chi connectivity index (χ2v) is 10.0. The van der Waals surface area contributed by atoms with Gasteiger partial charge in [-0.25, -0.2) is 4.79 Å². The molecule has 1 amide bonds. The van der Waals surface area contributed by atoms with Gasteiger partial charge in [-0.05, 0) is 43.7 Å². The molecule has 3 aromatic rings. The number of nitrogens with two attached hydrogens (primary N) is 1. The number of carbonyl (C=O) groups excluding carboxylic acids is 1. The Morgan fingerprint density at radius 2 is 1.86 bits per heavy atom. The topological polar surface area (TPSA) is 104 Å². The summed E-state index contributed by atoms with van der Waals surface area (Å²) in [6, 6.07) is 13.4. The Morgan fingerprint density at radius 1 is 1.11 bits per heavy atom. The largest absolute Gasteiger partial charge is 0.368 e. The number of nitriles is 1. The minimum absolute atomic E-state index is 0.0115. The van der Waals surface area contributed by atoms with Crippen molar-refractivity contribution in [3.05, 3.63) is 63.6 Å². The first-order valence-corrected chi connectivity index (χ1v) is 12.6. The predicted octanol–water partition coefficient (Wildman–Crippen LogP) is 1.58. The lowest BCUT2D eigenvalue weighted by Gasteiger charge is -2.34. The molecule has 1 atom stereocenters. The number of piperazine rings is 1. The van der Waals surface area contributed by atoms with Gasteiger partial charge in [0.15, 0.2) is 0 Å². The average molecular weight is 488 g/mol. The smallest absolute Gasteiger partial charge is 0.329 e. The third-order valence-electron chi connectivity index (χ3n) is 7.52. The summed E-state index contributed by atoms with van der Waals surface area (Å²) in [5.74, 6) is -0.0115. The highest BCUT2D eigenvalue weighted by Gasteiger charge is 2.27. The van der Waals surface area contributed by atoms with Gasteiger partial charge < -0.3 is 20.4 Å². The van der Waals surface area contributed by atoms with Crippen molar-refractivity contribution in [2.24, 2.45) is 12.8 Å². The van der Waals surface area contributed by atoms with Crippen molar-refractivity contribution in [1.82, 2.24) is 18.9 Å². The van der Waals surface area contributed by atoms with Gasteiger partial charge in [-0.1, -0.05) is 18.2 Å². The van der Waals surface area contributed by atoms with Gasteiger partial charge in [-0.3, -0.25) is 13.9 Å². The van der Waals surface area contributed by atoms with Crippen LogP contribution in [0.3, 0.4) is 0 Å². The van der Waals surface area contributed by atoms with E-state index in [2.05, 4.69) is 22.9 Å². The summed E-state index contributed by atoms with van der Waals surface area (Å²) < 4.78 is 3.34. The maximum atomic E-state index is 13.6. The van der Waals surface area contributed by atoms with Gasteiger partial charge >= 0.3 is 5.69 Å². The lowest BCUT2D eigenvalue weighted by atomic mass is 10.0. The lowest BCUT2D eigenvalue weighted by Crippen LogP contribution is -2.47. The Balaban J connectivity index is 1.66. The fourth-order valence-electron chi connectivity index (χ4n) is 5.39. The Hall–Kier alpha value is -3.61. The fraction of sp³-hybridized carbons (Fsp3) is 0.444. The van der Waals surface area contributed by atoms with Crippen molar-refractivity contribution in [3.8, 4) is 6.07 Å². The molecule has 2 N–H and O–H groups in total. The van der Waals surface area contributed by atoms with E-state index in [0.717, 1.165) is 49.2 Å². The molecule has 2 aromatic carbocycles. The molecule has 5 rings (SSSR count). The summed E-state index contributed by atoms with van der Waals surface area (Å²) in [6.07, 6.45) is 1.91. The third kappa shape index (κ3) is 4.38. The van der Waals surface area contributed by atoms with Crippen molar-refractivity contribution < 1.29 is 4.79 Å². The van der Waals surface area contributed by atoms with Crippen LogP contribution in [0.25, 0.3) is 11.0 Å². The molecule has 9 nitrogen and oxygen atoms in total. The van der Waals surface area contributed by atoms with Crippen molar-refractivity contribution in [1.29, 1.82) is 5.26 Å². The number of imidazole rings is 1. The number of rotatable bonds is 4. The summed E-state index contributed by atoms with van der Waals surface area (Å²) in [5, 5.41) is 9.60. The number of nitrogens with zero attached hydrogens (tertiary/aromatic N) is 6. The third-order valence-corrected chi connectivity index (χ3v) is 7.52. The molecule has 0 aliphatic carbocycles. The predicted molar refractivity (Wildman–Crippen MR) is 140 cm³/mol. The van der Waals surface area contributed by atoms with Crippen molar-refractivity contribution >= 4 is 22.6 Å². The van der Waals surface area contributed by atoms with Gasteiger partial charge in [-0.2, -0.15) is 5.26 Å². The molecule has 3 heterocycles. The van der Waals surface area contributed by atoms with E-state index in [1.54, 1.807) is 22.2 Å². The van der Waals surface area contributed by atoms with E-state index in [4.69, 9.17) is 5.73 Å². The van der Waals surface area contributed by atoms with E-state index in [0.29, 0.717) is 36.3 Å². The number of fused-ring (bicyclic) bond motifs is 1. The van der Waals surface area contributed by atoms with Crippen LogP contribution in [0, 0.1) is 11.3 Å². The van der Waals surface area contributed by atoms with E-state index in [1.165, 1.54) is 0 Å². The first-order chi connectivity index (χ1) is 17.4. The molecule has 36 heavy (non-hydrogen) atoms. The molecule has 1 aromatic heterocycles. The molecular weight excluding hydrogens is 454 g/mol. The van der Waals surface area contributed by atoms with Gasteiger partial charge in [0.25, 0.3) is 5.91 Å². The highest BCUT2D eigenvalue weighted by Crippen LogP contribution is 2.31. The monoisotopic (exact) mass is 487 g/mol. The van der Waals surface area contributed by atoms with Crippen LogP contribution >= 0.6 is 0 Å². The zero-order valence-corrected chi connectivity index (χ0v) is 21.0. The molecule has 0 unspecified atom stereocenters. The van der Waals surface area contributed by atoms with Crippen LogP contribution in [-0.4, -0.2) is 77.2 Å². The standard InChI is InChI=1S/C27H33N7O2/c1-30-10-12-32(13-11-30)26(35)21-14-23-25(24(15-21)33-9-5-8-22(29)18-33)34(27(36)31(23)2)17-20-7-4-3-6-19(20)16-28/h3-4,6-7,14-15,22H,5,8-13,17-18,29H2,1-2H3/t22-/m1/s1. The number of hydrogen-bond acceptors (Lipinski definition) is 6. The number of aromatic nitrogens is 2. The molecule has 2 aliphatic heterocycles. The molecule has 2 saturated heterocycles. The number of hydrogen-bond donors (Lipinski definition) is 1. The summed E-state index contributed by atoms with van der Waals surface area (Å²) in [7, 11) is 3.81. The van der Waals surface area contributed by atoms with E-state index in [1.807, 2.05) is 35.2 Å². The van der Waals surface area contributed by atoms with Crippen LogP contribution in [0.5, 0.6) is 0 Å². The van der Waals surface area contributed by atoms with Crippen LogP contribution in [0.1, 0.15) is 34.3 Å². The second-order valence-electron chi connectivity index (χ2n) is 10.0.